The quantitative estimate of drug-likeness (QED) is 0.133. The van der Waals surface area contributed by atoms with Gasteiger partial charge in [0.05, 0.1) is 23.1 Å². The second-order valence-electron chi connectivity index (χ2n) is 15.4. The van der Waals surface area contributed by atoms with Gasteiger partial charge in [0.25, 0.3) is 10.0 Å². The number of unbranched alkanes of at least 4 members (excludes halogenated alkanes) is 4. The molecular formula is C38H52ClN5O9S. The minimum absolute atomic E-state index is 0.0133. The first kappa shape index (κ1) is 41.4. The van der Waals surface area contributed by atoms with E-state index in [0.717, 1.165) is 43.2 Å². The van der Waals surface area contributed by atoms with Crippen LogP contribution >= 0.6 is 11.6 Å². The van der Waals surface area contributed by atoms with Gasteiger partial charge in [-0.15, -0.1) is 0 Å². The molecule has 3 aliphatic rings. The van der Waals surface area contributed by atoms with E-state index in [0.29, 0.717) is 37.4 Å². The van der Waals surface area contributed by atoms with Crippen molar-refractivity contribution in [3.63, 3.8) is 0 Å². The average molecular weight is 790 g/mol. The van der Waals surface area contributed by atoms with Gasteiger partial charge in [-0.1, -0.05) is 68.0 Å². The van der Waals surface area contributed by atoms with Crippen molar-refractivity contribution >= 4 is 45.4 Å². The van der Waals surface area contributed by atoms with Crippen molar-refractivity contribution in [1.82, 2.24) is 19.8 Å². The lowest BCUT2D eigenvalue weighted by atomic mass is 10.0. The lowest BCUT2D eigenvalue weighted by Crippen LogP contribution is -2.54. The molecule has 5 N–H and O–H groups in total. The van der Waals surface area contributed by atoms with Crippen LogP contribution in [-0.4, -0.2) is 83.9 Å². The number of nitrogens with two attached hydrogens (primary N) is 1. The Hall–Kier alpha value is -3.76. The van der Waals surface area contributed by atoms with Gasteiger partial charge in [-0.05, 0) is 81.3 Å². The highest BCUT2D eigenvalue weighted by atomic mass is 35.5. The van der Waals surface area contributed by atoms with Gasteiger partial charge < -0.3 is 25.2 Å². The van der Waals surface area contributed by atoms with E-state index in [4.69, 9.17) is 26.8 Å². The van der Waals surface area contributed by atoms with Crippen molar-refractivity contribution in [1.29, 1.82) is 0 Å². The van der Waals surface area contributed by atoms with Gasteiger partial charge in [0.15, 0.2) is 0 Å². The van der Waals surface area contributed by atoms with Gasteiger partial charge in [-0.25, -0.2) is 17.9 Å². The molecule has 2 aromatic carbocycles. The monoisotopic (exact) mass is 789 g/mol. The van der Waals surface area contributed by atoms with Crippen LogP contribution in [0.1, 0.15) is 89.7 Å². The van der Waals surface area contributed by atoms with Gasteiger partial charge in [0.2, 0.25) is 24.1 Å². The number of likely N-dealkylation sites (tertiary alicyclic amines) is 1. The van der Waals surface area contributed by atoms with E-state index in [1.54, 1.807) is 25.7 Å². The number of ether oxygens (including phenoxy) is 2. The second-order valence-corrected chi connectivity index (χ2v) is 17.6. The molecule has 0 bridgehead atoms. The van der Waals surface area contributed by atoms with Crippen LogP contribution in [0.25, 0.3) is 0 Å². The molecule has 2 aliphatic heterocycles. The maximum absolute atomic E-state index is 14.0. The zero-order valence-electron chi connectivity index (χ0n) is 31.0. The zero-order chi connectivity index (χ0) is 39.2. The summed E-state index contributed by atoms with van der Waals surface area (Å²) in [7, 11) is -3.96. The van der Waals surface area contributed by atoms with Crippen molar-refractivity contribution in [2.24, 2.45) is 17.6 Å². The number of amides is 4. The topological polar surface area (TPSA) is 198 Å². The van der Waals surface area contributed by atoms with Gasteiger partial charge in [0, 0.05) is 30.5 Å². The summed E-state index contributed by atoms with van der Waals surface area (Å²) in [6.07, 6.45) is 3.19. The molecule has 1 saturated carbocycles. The van der Waals surface area contributed by atoms with Crippen molar-refractivity contribution < 1.29 is 42.2 Å². The van der Waals surface area contributed by atoms with Crippen LogP contribution in [0.2, 0.25) is 5.02 Å². The smallest absolute Gasteiger partial charge is 0.410 e. The summed E-state index contributed by atoms with van der Waals surface area (Å²) in [6.45, 7) is 6.14. The number of sulfonamides is 1. The second kappa shape index (κ2) is 17.8. The first-order chi connectivity index (χ1) is 25.5. The summed E-state index contributed by atoms with van der Waals surface area (Å²) in [6, 6.07) is 11.5. The third-order valence-corrected chi connectivity index (χ3v) is 11.6. The maximum atomic E-state index is 14.0. The Bertz CT molecular complexity index is 1750. The Kier molecular flexibility index (Phi) is 13.6. The molecular weight excluding hydrogens is 738 g/mol. The minimum atomic E-state index is -3.96. The average Bonchev–Trinajstić information content (AvgIpc) is 3.53. The molecule has 5 rings (SSSR count). The van der Waals surface area contributed by atoms with Crippen LogP contribution in [0.4, 0.5) is 4.79 Å². The predicted octanol–water partition coefficient (Wildman–Crippen LogP) is 4.17. The molecule has 16 heteroatoms. The number of carbonyl (C=O) groups excluding carboxylic acids is 4. The van der Waals surface area contributed by atoms with E-state index < -0.39 is 64.0 Å². The maximum Gasteiger partial charge on any atom is 0.410 e. The van der Waals surface area contributed by atoms with Gasteiger partial charge in [0.1, 0.15) is 12.1 Å². The van der Waals surface area contributed by atoms with E-state index in [1.807, 2.05) is 24.3 Å². The fourth-order valence-corrected chi connectivity index (χ4v) is 8.30. The van der Waals surface area contributed by atoms with Crippen LogP contribution < -0.4 is 15.8 Å². The summed E-state index contributed by atoms with van der Waals surface area (Å²) >= 11 is 5.84. The molecule has 0 spiro atoms. The van der Waals surface area contributed by atoms with Crippen molar-refractivity contribution in [3.05, 3.63) is 64.7 Å². The first-order valence-corrected chi connectivity index (χ1v) is 20.4. The summed E-state index contributed by atoms with van der Waals surface area (Å²) in [5.41, 5.74) is 7.11. The number of primary amides is 1. The molecule has 54 heavy (non-hydrogen) atoms. The number of rotatable bonds is 17. The van der Waals surface area contributed by atoms with E-state index in [1.165, 1.54) is 29.2 Å². The molecule has 1 aliphatic carbocycles. The van der Waals surface area contributed by atoms with Crippen LogP contribution in [-0.2, 0) is 47.0 Å². The van der Waals surface area contributed by atoms with E-state index in [-0.39, 0.29) is 29.7 Å². The molecule has 6 atom stereocenters. The number of hydrogen-bond acceptors (Lipinski definition) is 10. The SMILES string of the molecule is CC(C)(C)OC(O)N[C@@H](CCCCCCC[C@@H]1C[C@@H]1C(=O)NS(=O)(=O)c1ccc(Cl)cc1)C(=O)N1C[C@H](OC(=O)N2Cc3ccccc3C2)C[C@H]1C(N)=O. The number of benzene rings is 2. The highest BCUT2D eigenvalue weighted by molar-refractivity contribution is 7.90. The lowest BCUT2D eigenvalue weighted by molar-refractivity contribution is -0.188. The van der Waals surface area contributed by atoms with Crippen molar-refractivity contribution in [2.45, 2.75) is 127 Å². The van der Waals surface area contributed by atoms with E-state index in [9.17, 15) is 32.7 Å². The molecule has 14 nitrogen and oxygen atoms in total. The molecule has 0 aromatic heterocycles. The largest absolute Gasteiger partial charge is 0.444 e. The van der Waals surface area contributed by atoms with Crippen molar-refractivity contribution in [3.8, 4) is 0 Å². The zero-order valence-corrected chi connectivity index (χ0v) is 32.6. The fraction of sp³-hybridized carbons (Fsp3) is 0.579. The highest BCUT2D eigenvalue weighted by Crippen LogP contribution is 2.43. The molecule has 1 unspecified atom stereocenters. The summed E-state index contributed by atoms with van der Waals surface area (Å²) in [5.74, 6) is -1.84. The third-order valence-electron chi connectivity index (χ3n) is 10.0. The number of carbonyl (C=O) groups is 4. The van der Waals surface area contributed by atoms with Crippen LogP contribution in [0, 0.1) is 11.8 Å². The molecule has 296 valence electrons. The van der Waals surface area contributed by atoms with Gasteiger partial charge in [-0.3, -0.25) is 24.6 Å². The van der Waals surface area contributed by atoms with Crippen LogP contribution in [0.15, 0.2) is 53.4 Å². The van der Waals surface area contributed by atoms with E-state index in [2.05, 4.69) is 10.0 Å². The number of aliphatic hydroxyl groups excluding tert-OH is 1. The van der Waals surface area contributed by atoms with Crippen molar-refractivity contribution in [2.75, 3.05) is 6.54 Å². The number of aliphatic hydroxyl groups is 1. The number of nitrogens with one attached hydrogen (secondary N) is 2. The van der Waals surface area contributed by atoms with Crippen LogP contribution in [0.5, 0.6) is 0 Å². The Labute approximate surface area is 322 Å². The molecule has 2 fully saturated rings. The number of nitrogens with zero attached hydrogens (tertiary/aromatic N) is 2. The van der Waals surface area contributed by atoms with Crippen LogP contribution in [0.3, 0.4) is 0 Å². The highest BCUT2D eigenvalue weighted by Gasteiger charge is 2.44. The molecule has 1 saturated heterocycles. The number of halogens is 1. The number of fused-ring (bicyclic) bond motifs is 1. The number of hydrogen-bond donors (Lipinski definition) is 4. The molecule has 0 radical (unpaired) electrons. The first-order valence-electron chi connectivity index (χ1n) is 18.6. The van der Waals surface area contributed by atoms with E-state index >= 15 is 0 Å². The normalized spacial score (nSPS) is 22.0. The van der Waals surface area contributed by atoms with Gasteiger partial charge in [-0.2, -0.15) is 0 Å². The third kappa shape index (κ3) is 11.4. The Morgan fingerprint density at radius 1 is 0.963 bits per heavy atom. The predicted molar refractivity (Wildman–Crippen MR) is 200 cm³/mol. The summed E-state index contributed by atoms with van der Waals surface area (Å²) in [5, 5.41) is 13.9. The van der Waals surface area contributed by atoms with Gasteiger partial charge >= 0.3 is 6.09 Å². The summed E-state index contributed by atoms with van der Waals surface area (Å²) < 4.78 is 38.7. The Morgan fingerprint density at radius 2 is 1.59 bits per heavy atom. The Balaban J connectivity index is 1.07. The minimum Gasteiger partial charge on any atom is -0.444 e. The fourth-order valence-electron chi connectivity index (χ4n) is 7.15. The lowest BCUT2D eigenvalue weighted by Gasteiger charge is -2.31. The molecule has 2 aromatic rings. The molecule has 4 amide bonds. The standard InChI is InChI=1S/C38H52ClN5O9S/c1-38(2,3)53-36(48)41-31(14-8-6-4-5-7-11-24-19-30(24)34(46)42-54(50,51)29-17-15-27(39)16-18-29)35(47)44-23-28(20-32(44)33(40)45)52-37(49)43-21-25-12-9-10-13-26(25)22-43/h9-10,12-13,15-18,24,28,30-32,36,41,48H,4-8,11,14,19-23H2,1-3H3,(H2,40,45)(H,42,46)/t24-,28-,30+,31+,32+,36?/m1/s1. The summed E-state index contributed by atoms with van der Waals surface area (Å²) in [4.78, 5) is 55.0. The molecule has 2 heterocycles. The Morgan fingerprint density at radius 3 is 2.22 bits per heavy atom.